The molecule has 0 unspecified atom stereocenters. The summed E-state index contributed by atoms with van der Waals surface area (Å²) in [5, 5.41) is 10.7. The number of fused-ring (bicyclic) bond motifs is 1. The molecular weight excluding hydrogens is 394 g/mol. The molecule has 154 valence electrons. The van der Waals surface area contributed by atoms with Crippen LogP contribution in [0.5, 0.6) is 11.5 Å². The minimum atomic E-state index is -0.210. The van der Waals surface area contributed by atoms with Crippen LogP contribution in [-0.2, 0) is 4.79 Å². The number of amides is 1. The van der Waals surface area contributed by atoms with E-state index in [1.807, 2.05) is 60.7 Å². The quantitative estimate of drug-likeness (QED) is 0.496. The maximum Gasteiger partial charge on any atom is 0.322 e. The fraction of sp³-hybridized carbons (Fsp3) is 0.125. The van der Waals surface area contributed by atoms with Gasteiger partial charge in [0.1, 0.15) is 0 Å². The molecular formula is C24H19N3O4. The van der Waals surface area contributed by atoms with Gasteiger partial charge >= 0.3 is 6.01 Å². The highest BCUT2D eigenvalue weighted by molar-refractivity contribution is 5.89. The molecule has 0 bridgehead atoms. The van der Waals surface area contributed by atoms with Crippen molar-refractivity contribution < 1.29 is 18.7 Å². The average Bonchev–Trinajstić information content (AvgIpc) is 3.47. The van der Waals surface area contributed by atoms with Gasteiger partial charge in [-0.25, -0.2) is 0 Å². The number of aromatic nitrogens is 2. The van der Waals surface area contributed by atoms with Gasteiger partial charge < -0.3 is 13.9 Å². The van der Waals surface area contributed by atoms with Crippen LogP contribution in [0.3, 0.4) is 0 Å². The first-order valence-electron chi connectivity index (χ1n) is 9.89. The number of benzene rings is 3. The summed E-state index contributed by atoms with van der Waals surface area (Å²) in [6.07, 6.45) is 0.246. The normalized spacial score (nSPS) is 12.2. The topological polar surface area (TPSA) is 86.5 Å². The summed E-state index contributed by atoms with van der Waals surface area (Å²) >= 11 is 0. The maximum atomic E-state index is 12.8. The van der Waals surface area contributed by atoms with Gasteiger partial charge in [0, 0.05) is 17.9 Å². The summed E-state index contributed by atoms with van der Waals surface area (Å²) in [4.78, 5) is 12.8. The largest absolute Gasteiger partial charge is 0.454 e. The van der Waals surface area contributed by atoms with E-state index in [1.165, 1.54) is 0 Å². The van der Waals surface area contributed by atoms with Crippen LogP contribution >= 0.6 is 0 Å². The van der Waals surface area contributed by atoms with Gasteiger partial charge in [-0.1, -0.05) is 65.8 Å². The molecule has 1 aliphatic rings. The van der Waals surface area contributed by atoms with Crippen molar-refractivity contribution in [2.24, 2.45) is 0 Å². The van der Waals surface area contributed by atoms with Crippen LogP contribution in [0.25, 0.3) is 11.5 Å². The van der Waals surface area contributed by atoms with Crippen molar-refractivity contribution >= 4 is 11.9 Å². The third-order valence-corrected chi connectivity index (χ3v) is 5.08. The Bertz CT molecular complexity index is 1150. The Morgan fingerprint density at radius 1 is 0.871 bits per heavy atom. The minimum Gasteiger partial charge on any atom is -0.454 e. The predicted octanol–water partition coefficient (Wildman–Crippen LogP) is 4.63. The van der Waals surface area contributed by atoms with Gasteiger partial charge in [0.2, 0.25) is 18.6 Å². The van der Waals surface area contributed by atoms with E-state index in [1.54, 1.807) is 18.2 Å². The lowest BCUT2D eigenvalue weighted by atomic mass is 9.88. The lowest BCUT2D eigenvalue weighted by Gasteiger charge is -2.17. The summed E-state index contributed by atoms with van der Waals surface area (Å²) in [5.74, 6) is 1.29. The molecule has 1 N–H and O–H groups in total. The van der Waals surface area contributed by atoms with Crippen molar-refractivity contribution in [1.82, 2.24) is 10.2 Å². The molecule has 0 fully saturated rings. The van der Waals surface area contributed by atoms with Gasteiger partial charge in [-0.05, 0) is 29.3 Å². The molecule has 1 amide bonds. The molecule has 7 heteroatoms. The van der Waals surface area contributed by atoms with Crippen molar-refractivity contribution in [3.63, 3.8) is 0 Å². The monoisotopic (exact) mass is 413 g/mol. The molecule has 3 aromatic carbocycles. The summed E-state index contributed by atoms with van der Waals surface area (Å²) in [7, 11) is 0. The first kappa shape index (κ1) is 18.9. The third-order valence-electron chi connectivity index (χ3n) is 5.08. The number of carbonyl (C=O) groups excluding carboxylic acids is 1. The summed E-state index contributed by atoms with van der Waals surface area (Å²) in [6.45, 7) is 0.188. The zero-order valence-corrected chi connectivity index (χ0v) is 16.5. The Kier molecular flexibility index (Phi) is 5.06. The van der Waals surface area contributed by atoms with Crippen molar-refractivity contribution in [3.8, 4) is 23.0 Å². The second kappa shape index (κ2) is 8.31. The number of nitrogens with zero attached hydrogens (tertiary/aromatic N) is 2. The molecule has 1 aromatic heterocycles. The summed E-state index contributed by atoms with van der Waals surface area (Å²) in [5.41, 5.74) is 2.81. The number of nitrogens with one attached hydrogen (secondary N) is 1. The van der Waals surface area contributed by atoms with E-state index in [9.17, 15) is 4.79 Å². The molecule has 1 aliphatic heterocycles. The molecule has 0 saturated heterocycles. The zero-order chi connectivity index (χ0) is 21.0. The van der Waals surface area contributed by atoms with Crippen LogP contribution < -0.4 is 14.8 Å². The van der Waals surface area contributed by atoms with Crippen molar-refractivity contribution in [1.29, 1.82) is 0 Å². The molecule has 31 heavy (non-hydrogen) atoms. The van der Waals surface area contributed by atoms with Crippen LogP contribution in [0.2, 0.25) is 0 Å². The van der Waals surface area contributed by atoms with E-state index >= 15 is 0 Å². The Labute approximate surface area is 178 Å². The van der Waals surface area contributed by atoms with E-state index in [4.69, 9.17) is 13.9 Å². The van der Waals surface area contributed by atoms with Gasteiger partial charge in [-0.15, -0.1) is 5.10 Å². The highest BCUT2D eigenvalue weighted by atomic mass is 16.7. The molecule has 0 aliphatic carbocycles. The Hall–Kier alpha value is -4.13. The second-order valence-corrected chi connectivity index (χ2v) is 7.11. The fourth-order valence-electron chi connectivity index (χ4n) is 3.57. The zero-order valence-electron chi connectivity index (χ0n) is 16.5. The lowest BCUT2D eigenvalue weighted by molar-refractivity contribution is -0.116. The number of anilines is 1. The third kappa shape index (κ3) is 4.11. The second-order valence-electron chi connectivity index (χ2n) is 7.11. The Morgan fingerprint density at radius 2 is 1.55 bits per heavy atom. The predicted molar refractivity (Wildman–Crippen MR) is 114 cm³/mol. The number of hydrogen-bond donors (Lipinski definition) is 1. The smallest absolute Gasteiger partial charge is 0.322 e. The number of carbonyl (C=O) groups is 1. The molecule has 0 radical (unpaired) electrons. The van der Waals surface area contributed by atoms with Gasteiger partial charge in [-0.2, -0.15) is 0 Å². The molecule has 2 heterocycles. The van der Waals surface area contributed by atoms with Gasteiger partial charge in [0.15, 0.2) is 11.5 Å². The SMILES string of the molecule is O=C(CC(c1ccccc1)c1ccccc1)Nc1nnc(-c2ccc3c(c2)OCO3)o1. The van der Waals surface area contributed by atoms with Crippen LogP contribution in [0.1, 0.15) is 23.5 Å². The number of rotatable bonds is 6. The van der Waals surface area contributed by atoms with E-state index in [0.29, 0.717) is 17.1 Å². The van der Waals surface area contributed by atoms with Crippen molar-refractivity contribution in [2.45, 2.75) is 12.3 Å². The van der Waals surface area contributed by atoms with Gasteiger partial charge in [0.25, 0.3) is 0 Å². The molecule has 0 atom stereocenters. The Balaban J connectivity index is 1.32. The Morgan fingerprint density at radius 3 is 2.26 bits per heavy atom. The van der Waals surface area contributed by atoms with Crippen LogP contribution in [0.15, 0.2) is 83.3 Å². The van der Waals surface area contributed by atoms with E-state index in [0.717, 1.165) is 11.1 Å². The molecule has 5 rings (SSSR count). The number of ether oxygens (including phenoxy) is 2. The highest BCUT2D eigenvalue weighted by Crippen LogP contribution is 2.36. The maximum absolute atomic E-state index is 12.8. The fourth-order valence-corrected chi connectivity index (χ4v) is 3.57. The number of hydrogen-bond acceptors (Lipinski definition) is 6. The standard InChI is InChI=1S/C24H19N3O4/c28-22(14-19(16-7-3-1-4-8-16)17-9-5-2-6-10-17)25-24-27-26-23(31-24)18-11-12-20-21(13-18)30-15-29-20/h1-13,19H,14-15H2,(H,25,27,28). The molecule has 0 spiro atoms. The van der Waals surface area contributed by atoms with Crippen molar-refractivity contribution in [2.75, 3.05) is 12.1 Å². The molecule has 0 saturated carbocycles. The van der Waals surface area contributed by atoms with Crippen LogP contribution in [0.4, 0.5) is 6.01 Å². The van der Waals surface area contributed by atoms with E-state index in [-0.39, 0.29) is 36.9 Å². The van der Waals surface area contributed by atoms with Crippen molar-refractivity contribution in [3.05, 3.63) is 90.0 Å². The van der Waals surface area contributed by atoms with Gasteiger partial charge in [-0.3, -0.25) is 10.1 Å². The van der Waals surface area contributed by atoms with Crippen LogP contribution in [0, 0.1) is 0 Å². The molecule has 7 nitrogen and oxygen atoms in total. The summed E-state index contributed by atoms with van der Waals surface area (Å²) in [6, 6.07) is 25.3. The minimum absolute atomic E-state index is 0.0533. The first-order valence-corrected chi connectivity index (χ1v) is 9.89. The lowest BCUT2D eigenvalue weighted by Crippen LogP contribution is -2.16. The van der Waals surface area contributed by atoms with Crippen LogP contribution in [-0.4, -0.2) is 22.9 Å². The highest BCUT2D eigenvalue weighted by Gasteiger charge is 2.21. The average molecular weight is 413 g/mol. The molecule has 4 aromatic rings. The van der Waals surface area contributed by atoms with E-state index < -0.39 is 0 Å². The summed E-state index contributed by atoms with van der Waals surface area (Å²) < 4.78 is 16.3. The van der Waals surface area contributed by atoms with E-state index in [2.05, 4.69) is 15.5 Å². The van der Waals surface area contributed by atoms with Gasteiger partial charge in [0.05, 0.1) is 0 Å². The first-order chi connectivity index (χ1) is 15.3.